The third-order valence-corrected chi connectivity index (χ3v) is 2.66. The Kier molecular flexibility index (Phi) is 6.98. The van der Waals surface area contributed by atoms with Gasteiger partial charge in [-0.2, -0.15) is 5.10 Å². The Bertz CT molecular complexity index is 653. The van der Waals surface area contributed by atoms with Gasteiger partial charge >= 0.3 is 0 Å². The van der Waals surface area contributed by atoms with Crippen molar-refractivity contribution in [1.29, 1.82) is 0 Å². The fourth-order valence-corrected chi connectivity index (χ4v) is 1.70. The molecule has 2 aromatic rings. The highest BCUT2D eigenvalue weighted by Crippen LogP contribution is 2.26. The summed E-state index contributed by atoms with van der Waals surface area (Å²) in [5.41, 5.74) is 5.87. The molecular formula is C15H24N6O2. The topological polar surface area (TPSA) is 108 Å². The highest BCUT2D eigenvalue weighted by Gasteiger charge is 2.15. The second-order valence-corrected chi connectivity index (χ2v) is 4.82. The van der Waals surface area contributed by atoms with Gasteiger partial charge in [-0.25, -0.2) is 9.97 Å². The number of nitrogens with two attached hydrogens (primary N) is 1. The average molecular weight is 320 g/mol. The van der Waals surface area contributed by atoms with Crippen LogP contribution in [0.5, 0.6) is 5.75 Å². The Morgan fingerprint density at radius 2 is 2.04 bits per heavy atom. The van der Waals surface area contributed by atoms with Gasteiger partial charge in [0, 0.05) is 13.5 Å². The quantitative estimate of drug-likeness (QED) is 0.872. The number of nitrogens with zero attached hydrogens (tertiary/aromatic N) is 4. The average Bonchev–Trinajstić information content (AvgIpc) is 2.88. The largest absolute Gasteiger partial charge is 0.491 e. The van der Waals surface area contributed by atoms with E-state index in [0.717, 1.165) is 0 Å². The van der Waals surface area contributed by atoms with Crippen LogP contribution < -0.4 is 15.8 Å². The van der Waals surface area contributed by atoms with Gasteiger partial charge in [0.25, 0.3) is 5.91 Å². The second-order valence-electron chi connectivity index (χ2n) is 4.82. The van der Waals surface area contributed by atoms with Crippen LogP contribution in [0.2, 0.25) is 0 Å². The Balaban J connectivity index is 0.000000816. The SMILES string of the molecule is CCC.CCc1ncc(Nc2nn(C)cc2OC)c(C(N)=O)n1. The Morgan fingerprint density at radius 3 is 2.57 bits per heavy atom. The zero-order valence-electron chi connectivity index (χ0n) is 14.3. The van der Waals surface area contributed by atoms with E-state index in [1.165, 1.54) is 19.7 Å². The molecule has 0 fully saturated rings. The number of anilines is 2. The number of aryl methyl sites for hydroxylation is 2. The molecule has 23 heavy (non-hydrogen) atoms. The van der Waals surface area contributed by atoms with Crippen molar-refractivity contribution < 1.29 is 9.53 Å². The summed E-state index contributed by atoms with van der Waals surface area (Å²) >= 11 is 0. The standard InChI is InChI=1S/C12H16N6O2.C3H8/c1-4-9-14-5-7(10(16-9)11(13)19)15-12-8(20-3)6-18(2)17-12;1-3-2/h5-6H,4H2,1-3H3,(H2,13,19)(H,15,17);3H2,1-2H3. The van der Waals surface area contributed by atoms with E-state index < -0.39 is 5.91 Å². The number of ether oxygens (including phenoxy) is 1. The molecule has 2 aromatic heterocycles. The summed E-state index contributed by atoms with van der Waals surface area (Å²) in [5, 5.41) is 7.16. The maximum atomic E-state index is 11.5. The van der Waals surface area contributed by atoms with Crippen molar-refractivity contribution in [1.82, 2.24) is 19.7 Å². The highest BCUT2D eigenvalue weighted by atomic mass is 16.5. The molecule has 0 saturated carbocycles. The van der Waals surface area contributed by atoms with Crippen LogP contribution in [-0.4, -0.2) is 32.8 Å². The predicted molar refractivity (Wildman–Crippen MR) is 88.9 cm³/mol. The summed E-state index contributed by atoms with van der Waals surface area (Å²) in [4.78, 5) is 19.7. The van der Waals surface area contributed by atoms with E-state index in [-0.39, 0.29) is 5.69 Å². The monoisotopic (exact) mass is 320 g/mol. The van der Waals surface area contributed by atoms with Gasteiger partial charge in [0.05, 0.1) is 25.2 Å². The van der Waals surface area contributed by atoms with Crippen LogP contribution >= 0.6 is 0 Å². The summed E-state index contributed by atoms with van der Waals surface area (Å²) in [6.45, 7) is 6.15. The third kappa shape index (κ3) is 4.94. The van der Waals surface area contributed by atoms with Crippen molar-refractivity contribution in [3.05, 3.63) is 23.9 Å². The zero-order chi connectivity index (χ0) is 17.4. The smallest absolute Gasteiger partial charge is 0.269 e. The van der Waals surface area contributed by atoms with E-state index in [2.05, 4.69) is 34.2 Å². The fraction of sp³-hybridized carbons (Fsp3) is 0.467. The predicted octanol–water partition coefficient (Wildman–Crippen LogP) is 2.04. The van der Waals surface area contributed by atoms with Gasteiger partial charge in [-0.3, -0.25) is 9.48 Å². The minimum Gasteiger partial charge on any atom is -0.491 e. The van der Waals surface area contributed by atoms with Gasteiger partial charge in [0.1, 0.15) is 5.82 Å². The number of amides is 1. The number of aromatic nitrogens is 4. The molecule has 0 saturated heterocycles. The van der Waals surface area contributed by atoms with Gasteiger partial charge in [-0.05, 0) is 0 Å². The molecule has 8 nitrogen and oxygen atoms in total. The van der Waals surface area contributed by atoms with Crippen molar-refractivity contribution in [2.45, 2.75) is 33.6 Å². The third-order valence-electron chi connectivity index (χ3n) is 2.66. The van der Waals surface area contributed by atoms with Crippen LogP contribution in [0, 0.1) is 0 Å². The number of hydrogen-bond acceptors (Lipinski definition) is 6. The maximum Gasteiger partial charge on any atom is 0.269 e. The van der Waals surface area contributed by atoms with Gasteiger partial charge in [0.2, 0.25) is 0 Å². The van der Waals surface area contributed by atoms with Crippen molar-refractivity contribution in [3.63, 3.8) is 0 Å². The van der Waals surface area contributed by atoms with E-state index in [1.54, 1.807) is 17.9 Å². The molecule has 2 rings (SSSR count). The van der Waals surface area contributed by atoms with Crippen LogP contribution in [-0.2, 0) is 13.5 Å². The van der Waals surface area contributed by atoms with Gasteiger partial charge in [-0.15, -0.1) is 0 Å². The molecule has 2 heterocycles. The molecule has 0 spiro atoms. The fourth-order valence-electron chi connectivity index (χ4n) is 1.70. The van der Waals surface area contributed by atoms with Crippen molar-refractivity contribution in [3.8, 4) is 5.75 Å². The summed E-state index contributed by atoms with van der Waals surface area (Å²) in [5.74, 6) is 0.935. The van der Waals surface area contributed by atoms with Crippen molar-refractivity contribution in [2.24, 2.45) is 12.8 Å². The molecule has 0 radical (unpaired) electrons. The lowest BCUT2D eigenvalue weighted by Gasteiger charge is -2.09. The van der Waals surface area contributed by atoms with Crippen LogP contribution in [0.25, 0.3) is 0 Å². The van der Waals surface area contributed by atoms with Gasteiger partial charge < -0.3 is 15.8 Å². The number of carbonyl (C=O) groups is 1. The molecule has 1 amide bonds. The highest BCUT2D eigenvalue weighted by molar-refractivity contribution is 5.97. The molecule has 0 unspecified atom stereocenters. The van der Waals surface area contributed by atoms with Crippen LogP contribution in [0.1, 0.15) is 43.5 Å². The number of methoxy groups -OCH3 is 1. The van der Waals surface area contributed by atoms with E-state index in [4.69, 9.17) is 10.5 Å². The number of primary amides is 1. The molecule has 126 valence electrons. The first kappa shape index (κ1) is 18.4. The van der Waals surface area contributed by atoms with Crippen LogP contribution in [0.15, 0.2) is 12.4 Å². The molecule has 0 bridgehead atoms. The summed E-state index contributed by atoms with van der Waals surface area (Å²) in [6.07, 6.45) is 5.08. The maximum absolute atomic E-state index is 11.5. The van der Waals surface area contributed by atoms with E-state index in [0.29, 0.717) is 29.5 Å². The number of hydrogen-bond donors (Lipinski definition) is 2. The summed E-state index contributed by atoms with van der Waals surface area (Å²) in [7, 11) is 3.30. The van der Waals surface area contributed by atoms with E-state index >= 15 is 0 Å². The number of nitrogens with one attached hydrogen (secondary N) is 1. The van der Waals surface area contributed by atoms with Crippen LogP contribution in [0.3, 0.4) is 0 Å². The first-order valence-electron chi connectivity index (χ1n) is 7.47. The zero-order valence-corrected chi connectivity index (χ0v) is 14.3. The Morgan fingerprint density at radius 1 is 1.39 bits per heavy atom. The van der Waals surface area contributed by atoms with E-state index in [9.17, 15) is 4.79 Å². The molecule has 0 aliphatic heterocycles. The number of carbonyl (C=O) groups excluding carboxylic acids is 1. The molecule has 3 N–H and O–H groups in total. The summed E-state index contributed by atoms with van der Waals surface area (Å²) < 4.78 is 6.77. The first-order valence-corrected chi connectivity index (χ1v) is 7.47. The second kappa shape index (κ2) is 8.72. The lowest BCUT2D eigenvalue weighted by molar-refractivity contribution is 0.0996. The molecule has 8 heteroatoms. The normalized spacial score (nSPS) is 9.78. The summed E-state index contributed by atoms with van der Waals surface area (Å²) in [6, 6.07) is 0. The lowest BCUT2D eigenvalue weighted by atomic mass is 10.3. The minimum atomic E-state index is -0.625. The molecule has 0 aromatic carbocycles. The van der Waals surface area contributed by atoms with Crippen LogP contribution in [0.4, 0.5) is 11.5 Å². The number of rotatable bonds is 5. The Labute approximate surface area is 136 Å². The molecule has 0 aliphatic carbocycles. The lowest BCUT2D eigenvalue weighted by Crippen LogP contribution is -2.17. The van der Waals surface area contributed by atoms with Gasteiger partial charge in [0.15, 0.2) is 17.3 Å². The Hall–Kier alpha value is -2.64. The molecular weight excluding hydrogens is 296 g/mol. The van der Waals surface area contributed by atoms with Gasteiger partial charge in [-0.1, -0.05) is 27.2 Å². The molecule has 0 atom stereocenters. The molecule has 0 aliphatic rings. The van der Waals surface area contributed by atoms with Crippen molar-refractivity contribution in [2.75, 3.05) is 12.4 Å². The first-order chi connectivity index (χ1) is 11.0. The van der Waals surface area contributed by atoms with E-state index in [1.807, 2.05) is 6.92 Å². The minimum absolute atomic E-state index is 0.129. The van der Waals surface area contributed by atoms with Crippen molar-refractivity contribution >= 4 is 17.4 Å².